The fraction of sp³-hybridized carbons (Fsp3) is 0.667. The van der Waals surface area contributed by atoms with Crippen LogP contribution in [0.25, 0.3) is 0 Å². The molecule has 0 aliphatic carbocycles. The summed E-state index contributed by atoms with van der Waals surface area (Å²) in [6.45, 7) is 2.58. The molecule has 15 heavy (non-hydrogen) atoms. The van der Waals surface area contributed by atoms with Gasteiger partial charge >= 0.3 is 5.97 Å². The molecule has 0 aliphatic heterocycles. The average Bonchev–Trinajstić information content (AvgIpc) is 2.10. The van der Waals surface area contributed by atoms with Crippen LogP contribution in [0.3, 0.4) is 0 Å². The second-order valence-electron chi connectivity index (χ2n) is 3.32. The Bertz CT molecular complexity index is 261. The predicted molar refractivity (Wildman–Crippen MR) is 51.2 cm³/mol. The lowest BCUT2D eigenvalue weighted by atomic mass is 10.1. The van der Waals surface area contributed by atoms with Crippen molar-refractivity contribution in [1.29, 1.82) is 0 Å². The zero-order valence-corrected chi connectivity index (χ0v) is 8.69. The van der Waals surface area contributed by atoms with Crippen molar-refractivity contribution in [2.75, 3.05) is 0 Å². The number of aliphatic hydroxyl groups excluding tert-OH is 1. The van der Waals surface area contributed by atoms with Crippen molar-refractivity contribution in [2.45, 2.75) is 38.8 Å². The van der Waals surface area contributed by atoms with Gasteiger partial charge < -0.3 is 20.3 Å². The van der Waals surface area contributed by atoms with Crippen molar-refractivity contribution in [2.24, 2.45) is 0 Å². The molecule has 0 heterocycles. The van der Waals surface area contributed by atoms with Crippen molar-refractivity contribution >= 4 is 17.7 Å². The molecule has 6 nitrogen and oxygen atoms in total. The molecule has 0 fully saturated rings. The van der Waals surface area contributed by atoms with Crippen LogP contribution in [0.2, 0.25) is 0 Å². The molecule has 0 aromatic rings. The topological polar surface area (TPSA) is 104 Å². The summed E-state index contributed by atoms with van der Waals surface area (Å²) in [5, 5.41) is 19.7. The zero-order chi connectivity index (χ0) is 12.0. The lowest BCUT2D eigenvalue weighted by Crippen LogP contribution is -2.44. The number of nitrogens with one attached hydrogen (secondary N) is 1. The van der Waals surface area contributed by atoms with E-state index in [-0.39, 0.29) is 18.6 Å². The number of aliphatic carboxylic acids is 1. The Balaban J connectivity index is 4.22. The summed E-state index contributed by atoms with van der Waals surface area (Å²) in [6, 6.07) is -1.13. The van der Waals surface area contributed by atoms with Gasteiger partial charge in [-0.15, -0.1) is 0 Å². The highest BCUT2D eigenvalue weighted by molar-refractivity contribution is 5.86. The maximum atomic E-state index is 11.0. The number of Topliss-reactive ketones (excluding diaryl/α,β-unsaturated/α-hetero) is 1. The molecule has 0 aromatic heterocycles. The van der Waals surface area contributed by atoms with Crippen LogP contribution in [0.1, 0.15) is 26.7 Å². The summed E-state index contributed by atoms with van der Waals surface area (Å²) in [5.41, 5.74) is 0. The molecule has 0 aromatic carbocycles. The van der Waals surface area contributed by atoms with E-state index >= 15 is 0 Å². The van der Waals surface area contributed by atoms with E-state index in [1.807, 2.05) is 0 Å². The van der Waals surface area contributed by atoms with Crippen LogP contribution in [0.15, 0.2) is 0 Å². The smallest absolute Gasteiger partial charge is 0.326 e. The molecule has 0 saturated carbocycles. The predicted octanol–water partition coefficient (Wildman–Crippen LogP) is -0.694. The van der Waals surface area contributed by atoms with E-state index in [0.29, 0.717) is 0 Å². The van der Waals surface area contributed by atoms with Crippen molar-refractivity contribution in [3.8, 4) is 0 Å². The molecule has 1 amide bonds. The number of ketones is 1. The molecular weight excluding hydrogens is 202 g/mol. The van der Waals surface area contributed by atoms with Crippen molar-refractivity contribution in [1.82, 2.24) is 5.32 Å². The minimum absolute atomic E-state index is 0.0309. The Hall–Kier alpha value is -1.43. The molecule has 0 unspecified atom stereocenters. The van der Waals surface area contributed by atoms with E-state index in [2.05, 4.69) is 5.32 Å². The molecule has 0 bridgehead atoms. The first-order valence-electron chi connectivity index (χ1n) is 4.55. The van der Waals surface area contributed by atoms with Gasteiger partial charge in [-0.3, -0.25) is 4.79 Å². The fourth-order valence-electron chi connectivity index (χ4n) is 0.897. The first kappa shape index (κ1) is 13.6. The van der Waals surface area contributed by atoms with E-state index in [4.69, 9.17) is 10.2 Å². The highest BCUT2D eigenvalue weighted by Gasteiger charge is 2.21. The Morgan fingerprint density at radius 1 is 1.33 bits per heavy atom. The summed E-state index contributed by atoms with van der Waals surface area (Å²) in [4.78, 5) is 32.3. The van der Waals surface area contributed by atoms with Crippen LogP contribution in [-0.2, 0) is 14.4 Å². The number of carboxylic acids is 1. The van der Waals surface area contributed by atoms with Gasteiger partial charge in [0.2, 0.25) is 5.91 Å². The summed E-state index contributed by atoms with van der Waals surface area (Å²) in [7, 11) is 0. The van der Waals surface area contributed by atoms with Crippen molar-refractivity contribution in [3.63, 3.8) is 0 Å². The average molecular weight is 217 g/mol. The minimum atomic E-state index is -1.26. The number of hydrogen-bond donors (Lipinski definition) is 3. The number of carboxylic acid groups (broad SMARTS) is 1. The van der Waals surface area contributed by atoms with Gasteiger partial charge in [-0.1, -0.05) is 0 Å². The molecule has 0 aliphatic rings. The SMILES string of the molecule is CC(=O)CC[C@H](NC(=O)[C@H](C)O)C(=O)O. The monoisotopic (exact) mass is 217 g/mol. The van der Waals surface area contributed by atoms with E-state index in [0.717, 1.165) is 0 Å². The number of carbonyl (C=O) groups is 3. The molecule has 2 atom stereocenters. The molecule has 0 radical (unpaired) electrons. The maximum Gasteiger partial charge on any atom is 0.326 e. The van der Waals surface area contributed by atoms with Crippen molar-refractivity contribution < 1.29 is 24.6 Å². The van der Waals surface area contributed by atoms with Gasteiger partial charge in [-0.2, -0.15) is 0 Å². The highest BCUT2D eigenvalue weighted by Crippen LogP contribution is 1.99. The second-order valence-corrected chi connectivity index (χ2v) is 3.32. The van der Waals surface area contributed by atoms with Crippen molar-refractivity contribution in [3.05, 3.63) is 0 Å². The molecule has 3 N–H and O–H groups in total. The van der Waals surface area contributed by atoms with E-state index < -0.39 is 24.0 Å². The van der Waals surface area contributed by atoms with Crippen LogP contribution in [0.5, 0.6) is 0 Å². The normalized spacial score (nSPS) is 14.1. The Morgan fingerprint density at radius 3 is 2.20 bits per heavy atom. The standard InChI is InChI=1S/C9H15NO5/c1-5(11)3-4-7(9(14)15)10-8(13)6(2)12/h6-7,12H,3-4H2,1-2H3,(H,10,13)(H,14,15)/t6-,7-/m0/s1. The van der Waals surface area contributed by atoms with Crippen LogP contribution >= 0.6 is 0 Å². The third kappa shape index (κ3) is 5.79. The summed E-state index contributed by atoms with van der Waals surface area (Å²) in [6.07, 6.45) is -1.15. The highest BCUT2D eigenvalue weighted by atomic mass is 16.4. The number of hydrogen-bond acceptors (Lipinski definition) is 4. The van der Waals surface area contributed by atoms with Gasteiger partial charge in [-0.05, 0) is 20.3 Å². The van der Waals surface area contributed by atoms with Gasteiger partial charge in [0, 0.05) is 6.42 Å². The van der Waals surface area contributed by atoms with Gasteiger partial charge in [0.05, 0.1) is 0 Å². The summed E-state index contributed by atoms with van der Waals surface area (Å²) < 4.78 is 0. The Morgan fingerprint density at radius 2 is 1.87 bits per heavy atom. The number of amides is 1. The van der Waals surface area contributed by atoms with Gasteiger partial charge in [-0.25, -0.2) is 4.79 Å². The van der Waals surface area contributed by atoms with Gasteiger partial charge in [0.1, 0.15) is 17.9 Å². The molecule has 86 valence electrons. The van der Waals surface area contributed by atoms with E-state index in [1.165, 1.54) is 13.8 Å². The lowest BCUT2D eigenvalue weighted by Gasteiger charge is -2.14. The quantitative estimate of drug-likeness (QED) is 0.546. The first-order valence-corrected chi connectivity index (χ1v) is 4.55. The largest absolute Gasteiger partial charge is 0.480 e. The molecule has 0 spiro atoms. The van der Waals surface area contributed by atoms with Crippen LogP contribution in [0.4, 0.5) is 0 Å². The maximum absolute atomic E-state index is 11.0. The van der Waals surface area contributed by atoms with Crippen LogP contribution in [0, 0.1) is 0 Å². The Labute approximate surface area is 87.3 Å². The summed E-state index contributed by atoms with van der Waals surface area (Å²) >= 11 is 0. The van der Waals surface area contributed by atoms with E-state index in [1.54, 1.807) is 0 Å². The second kappa shape index (κ2) is 6.13. The number of aliphatic hydroxyl groups is 1. The van der Waals surface area contributed by atoms with Crippen LogP contribution in [-0.4, -0.2) is 40.0 Å². The third-order valence-electron chi connectivity index (χ3n) is 1.78. The zero-order valence-electron chi connectivity index (χ0n) is 8.69. The molecular formula is C9H15NO5. The minimum Gasteiger partial charge on any atom is -0.480 e. The Kier molecular flexibility index (Phi) is 5.54. The fourth-order valence-corrected chi connectivity index (χ4v) is 0.897. The molecule has 0 rings (SSSR count). The lowest BCUT2D eigenvalue weighted by molar-refractivity contribution is -0.143. The molecule has 6 heteroatoms. The number of carbonyl (C=O) groups excluding carboxylic acids is 2. The van der Waals surface area contributed by atoms with E-state index in [9.17, 15) is 14.4 Å². The van der Waals surface area contributed by atoms with Gasteiger partial charge in [0.25, 0.3) is 0 Å². The number of rotatable bonds is 6. The summed E-state index contributed by atoms with van der Waals surface area (Å²) in [5.74, 6) is -2.12. The molecule has 0 saturated heterocycles. The van der Waals surface area contributed by atoms with Gasteiger partial charge in [0.15, 0.2) is 0 Å². The third-order valence-corrected chi connectivity index (χ3v) is 1.78. The first-order chi connectivity index (χ1) is 6.84. The van der Waals surface area contributed by atoms with Crippen LogP contribution < -0.4 is 5.32 Å².